The second-order valence-corrected chi connectivity index (χ2v) is 4.00. The van der Waals surface area contributed by atoms with Crippen molar-refractivity contribution in [1.82, 2.24) is 9.55 Å². The van der Waals surface area contributed by atoms with Crippen molar-refractivity contribution in [3.05, 3.63) is 18.3 Å². The highest BCUT2D eigenvalue weighted by atomic mass is 16.5. The van der Waals surface area contributed by atoms with Crippen molar-refractivity contribution in [2.75, 3.05) is 27.1 Å². The van der Waals surface area contributed by atoms with Crippen LogP contribution in [0.25, 0.3) is 11.3 Å². The van der Waals surface area contributed by atoms with Gasteiger partial charge in [0.05, 0.1) is 27.0 Å². The number of imidazole rings is 1. The highest BCUT2D eigenvalue weighted by Crippen LogP contribution is 2.39. The van der Waals surface area contributed by atoms with Gasteiger partial charge < -0.3 is 24.5 Å². The van der Waals surface area contributed by atoms with Gasteiger partial charge in [0, 0.05) is 24.9 Å². The van der Waals surface area contributed by atoms with Crippen LogP contribution in [-0.2, 0) is 7.05 Å². The van der Waals surface area contributed by atoms with Crippen LogP contribution < -0.4 is 19.9 Å². The van der Waals surface area contributed by atoms with E-state index >= 15 is 0 Å². The second-order valence-electron chi connectivity index (χ2n) is 4.00. The van der Waals surface area contributed by atoms with Crippen LogP contribution in [-0.4, -0.2) is 30.9 Å². The van der Waals surface area contributed by atoms with Gasteiger partial charge in [-0.1, -0.05) is 0 Å². The van der Waals surface area contributed by atoms with E-state index in [0.717, 1.165) is 11.3 Å². The zero-order valence-electron chi connectivity index (χ0n) is 11.4. The van der Waals surface area contributed by atoms with Crippen LogP contribution in [0.5, 0.6) is 17.2 Å². The summed E-state index contributed by atoms with van der Waals surface area (Å²) in [4.78, 5) is 4.28. The van der Waals surface area contributed by atoms with Crippen molar-refractivity contribution in [2.24, 2.45) is 7.05 Å². The summed E-state index contributed by atoms with van der Waals surface area (Å²) in [6.07, 6.45) is 1.83. The molecule has 2 N–H and O–H groups in total. The molecule has 0 aliphatic rings. The Morgan fingerprint density at radius 2 is 1.58 bits per heavy atom. The van der Waals surface area contributed by atoms with Gasteiger partial charge in [0.1, 0.15) is 5.75 Å². The number of methoxy groups -OCH3 is 3. The third kappa shape index (κ3) is 2.29. The number of hydrogen-bond acceptors (Lipinski definition) is 5. The highest BCUT2D eigenvalue weighted by Gasteiger charge is 2.15. The van der Waals surface area contributed by atoms with Crippen LogP contribution >= 0.6 is 0 Å². The van der Waals surface area contributed by atoms with Crippen LogP contribution in [0.15, 0.2) is 18.3 Å². The Hall–Kier alpha value is -2.37. The fourth-order valence-electron chi connectivity index (χ4n) is 1.84. The third-order valence-electron chi connectivity index (χ3n) is 2.89. The van der Waals surface area contributed by atoms with E-state index < -0.39 is 0 Å². The minimum absolute atomic E-state index is 0.437. The van der Waals surface area contributed by atoms with E-state index in [4.69, 9.17) is 19.9 Å². The number of hydrogen-bond donors (Lipinski definition) is 1. The van der Waals surface area contributed by atoms with Crippen LogP contribution in [0.3, 0.4) is 0 Å². The van der Waals surface area contributed by atoms with Gasteiger partial charge in [0.25, 0.3) is 0 Å². The molecular formula is C13H17N3O3. The number of anilines is 1. The molecule has 0 bridgehead atoms. The van der Waals surface area contributed by atoms with E-state index in [2.05, 4.69) is 4.98 Å². The zero-order valence-corrected chi connectivity index (χ0v) is 11.4. The molecule has 0 spiro atoms. The van der Waals surface area contributed by atoms with E-state index in [1.54, 1.807) is 32.0 Å². The summed E-state index contributed by atoms with van der Waals surface area (Å²) in [6.45, 7) is 0. The van der Waals surface area contributed by atoms with Gasteiger partial charge in [-0.2, -0.15) is 0 Å². The predicted octanol–water partition coefficient (Wildman–Crippen LogP) is 1.70. The summed E-state index contributed by atoms with van der Waals surface area (Å²) in [5.41, 5.74) is 7.27. The van der Waals surface area contributed by atoms with Crippen molar-refractivity contribution in [3.8, 4) is 28.5 Å². The van der Waals surface area contributed by atoms with Crippen LogP contribution in [0, 0.1) is 0 Å². The fourth-order valence-corrected chi connectivity index (χ4v) is 1.84. The minimum atomic E-state index is 0.437. The summed E-state index contributed by atoms with van der Waals surface area (Å²) >= 11 is 0. The number of nitrogens with two attached hydrogens (primary N) is 1. The van der Waals surface area contributed by atoms with E-state index in [1.165, 1.54) is 0 Å². The molecule has 0 saturated carbocycles. The Morgan fingerprint density at radius 1 is 1.00 bits per heavy atom. The smallest absolute Gasteiger partial charge is 0.200 e. The maximum Gasteiger partial charge on any atom is 0.200 e. The van der Waals surface area contributed by atoms with Gasteiger partial charge in [-0.3, -0.25) is 0 Å². The van der Waals surface area contributed by atoms with Gasteiger partial charge in [-0.15, -0.1) is 0 Å². The molecule has 1 aromatic heterocycles. The first-order valence-corrected chi connectivity index (χ1v) is 5.70. The van der Waals surface area contributed by atoms with Gasteiger partial charge >= 0.3 is 0 Å². The number of nitrogen functional groups attached to an aromatic ring is 1. The molecule has 6 heteroatoms. The molecule has 0 unspecified atom stereocenters. The lowest BCUT2D eigenvalue weighted by Crippen LogP contribution is -1.95. The third-order valence-corrected chi connectivity index (χ3v) is 2.89. The maximum absolute atomic E-state index is 5.75. The molecule has 1 heterocycles. The van der Waals surface area contributed by atoms with E-state index in [-0.39, 0.29) is 0 Å². The molecule has 0 amide bonds. The number of ether oxygens (including phenoxy) is 3. The van der Waals surface area contributed by atoms with Crippen molar-refractivity contribution < 1.29 is 14.2 Å². The maximum atomic E-state index is 5.75. The molecule has 102 valence electrons. The molecule has 0 aliphatic carbocycles. The lowest BCUT2D eigenvalue weighted by molar-refractivity contribution is 0.349. The molecule has 2 aromatic rings. The quantitative estimate of drug-likeness (QED) is 0.909. The number of nitrogens with zero attached hydrogens (tertiary/aromatic N) is 2. The first kappa shape index (κ1) is 13.1. The van der Waals surface area contributed by atoms with Gasteiger partial charge in [0.2, 0.25) is 0 Å². The second kappa shape index (κ2) is 5.09. The molecular weight excluding hydrogens is 246 g/mol. The zero-order chi connectivity index (χ0) is 14.0. The first-order chi connectivity index (χ1) is 9.10. The fraction of sp³-hybridized carbons (Fsp3) is 0.308. The predicted molar refractivity (Wildman–Crippen MR) is 72.7 cm³/mol. The Morgan fingerprint density at radius 3 is 2.05 bits per heavy atom. The molecule has 6 nitrogen and oxygen atoms in total. The summed E-state index contributed by atoms with van der Waals surface area (Å²) < 4.78 is 17.6. The molecule has 0 radical (unpaired) electrons. The summed E-state index contributed by atoms with van der Waals surface area (Å²) in [5.74, 6) is 2.30. The Kier molecular flexibility index (Phi) is 3.50. The SMILES string of the molecule is COc1cc(OC)c(-c2cn(C)c(N)n2)cc1OC. The normalized spacial score (nSPS) is 10.3. The number of benzene rings is 1. The number of aryl methyl sites for hydroxylation is 1. The van der Waals surface area contributed by atoms with E-state index in [1.807, 2.05) is 19.3 Å². The van der Waals surface area contributed by atoms with Gasteiger partial charge in [-0.05, 0) is 6.07 Å². The Bertz CT molecular complexity index is 574. The molecule has 0 fully saturated rings. The first-order valence-electron chi connectivity index (χ1n) is 5.70. The molecule has 0 saturated heterocycles. The lowest BCUT2D eigenvalue weighted by Gasteiger charge is -2.12. The van der Waals surface area contributed by atoms with Crippen LogP contribution in [0.4, 0.5) is 5.95 Å². The molecule has 0 aliphatic heterocycles. The average molecular weight is 263 g/mol. The highest BCUT2D eigenvalue weighted by molar-refractivity contribution is 5.72. The summed E-state index contributed by atoms with van der Waals surface area (Å²) in [6, 6.07) is 3.58. The summed E-state index contributed by atoms with van der Waals surface area (Å²) in [7, 11) is 6.59. The van der Waals surface area contributed by atoms with Crippen LogP contribution in [0.2, 0.25) is 0 Å². The lowest BCUT2D eigenvalue weighted by atomic mass is 10.1. The van der Waals surface area contributed by atoms with E-state index in [9.17, 15) is 0 Å². The Balaban J connectivity index is 2.61. The molecule has 19 heavy (non-hydrogen) atoms. The molecule has 0 atom stereocenters. The average Bonchev–Trinajstić information content (AvgIpc) is 2.76. The number of aromatic nitrogens is 2. The van der Waals surface area contributed by atoms with Gasteiger partial charge in [-0.25, -0.2) is 4.98 Å². The topological polar surface area (TPSA) is 71.5 Å². The van der Waals surface area contributed by atoms with Crippen molar-refractivity contribution in [3.63, 3.8) is 0 Å². The van der Waals surface area contributed by atoms with Crippen LogP contribution in [0.1, 0.15) is 0 Å². The van der Waals surface area contributed by atoms with Crippen molar-refractivity contribution >= 4 is 5.95 Å². The largest absolute Gasteiger partial charge is 0.496 e. The van der Waals surface area contributed by atoms with E-state index in [0.29, 0.717) is 23.2 Å². The minimum Gasteiger partial charge on any atom is -0.496 e. The number of rotatable bonds is 4. The van der Waals surface area contributed by atoms with Crippen molar-refractivity contribution in [2.45, 2.75) is 0 Å². The van der Waals surface area contributed by atoms with Gasteiger partial charge in [0.15, 0.2) is 17.4 Å². The molecule has 2 rings (SSSR count). The molecule has 1 aromatic carbocycles. The summed E-state index contributed by atoms with van der Waals surface area (Å²) in [5, 5.41) is 0. The standard InChI is InChI=1S/C13H17N3O3/c1-16-7-9(15-13(16)14)8-5-11(18-3)12(19-4)6-10(8)17-2/h5-7H,1-4H3,(H2,14,15). The monoisotopic (exact) mass is 263 g/mol. The Labute approximate surface area is 111 Å². The van der Waals surface area contributed by atoms with Crippen molar-refractivity contribution in [1.29, 1.82) is 0 Å².